The molecule has 0 spiro atoms. The highest BCUT2D eigenvalue weighted by molar-refractivity contribution is 6.30. The molecule has 0 aromatic heterocycles. The van der Waals surface area contributed by atoms with Crippen molar-refractivity contribution in [2.75, 3.05) is 7.11 Å². The molecule has 98 valence electrons. The van der Waals surface area contributed by atoms with Crippen molar-refractivity contribution in [3.8, 4) is 5.75 Å². The van der Waals surface area contributed by atoms with E-state index in [-0.39, 0.29) is 24.5 Å². The van der Waals surface area contributed by atoms with Gasteiger partial charge < -0.3 is 15.2 Å². The molecule has 1 aliphatic carbocycles. The highest BCUT2D eigenvalue weighted by Gasteiger charge is 2.28. The first-order valence-electron chi connectivity index (χ1n) is 5.88. The SMILES string of the molecule is COc1ccc(Cl)cc1CC(=O)NC1CC(O)C1. The summed E-state index contributed by atoms with van der Waals surface area (Å²) in [6.07, 6.45) is 1.24. The number of rotatable bonds is 4. The minimum absolute atomic E-state index is 0.0764. The second-order valence-electron chi connectivity index (χ2n) is 4.52. The fourth-order valence-electron chi connectivity index (χ4n) is 2.04. The van der Waals surface area contributed by atoms with Gasteiger partial charge in [-0.1, -0.05) is 11.6 Å². The third-order valence-electron chi connectivity index (χ3n) is 3.07. The topological polar surface area (TPSA) is 58.6 Å². The van der Waals surface area contributed by atoms with Crippen LogP contribution in [0.5, 0.6) is 5.75 Å². The summed E-state index contributed by atoms with van der Waals surface area (Å²) in [5, 5.41) is 12.6. The first kappa shape index (κ1) is 13.2. The Kier molecular flexibility index (Phi) is 4.09. The number of carbonyl (C=O) groups excluding carboxylic acids is 1. The van der Waals surface area contributed by atoms with E-state index in [1.165, 1.54) is 0 Å². The molecule has 1 aromatic carbocycles. The molecule has 0 unspecified atom stereocenters. The van der Waals surface area contributed by atoms with Gasteiger partial charge in [0.2, 0.25) is 5.91 Å². The first-order valence-corrected chi connectivity index (χ1v) is 6.26. The molecular weight excluding hydrogens is 254 g/mol. The van der Waals surface area contributed by atoms with Crippen molar-refractivity contribution in [1.82, 2.24) is 5.32 Å². The number of aliphatic hydroxyl groups excluding tert-OH is 1. The molecule has 2 N–H and O–H groups in total. The highest BCUT2D eigenvalue weighted by atomic mass is 35.5. The molecule has 0 bridgehead atoms. The molecule has 4 nitrogen and oxygen atoms in total. The maximum Gasteiger partial charge on any atom is 0.224 e. The van der Waals surface area contributed by atoms with Gasteiger partial charge in [0, 0.05) is 16.6 Å². The van der Waals surface area contributed by atoms with Gasteiger partial charge >= 0.3 is 0 Å². The van der Waals surface area contributed by atoms with Crippen molar-refractivity contribution in [2.24, 2.45) is 0 Å². The van der Waals surface area contributed by atoms with Gasteiger partial charge in [0.05, 0.1) is 19.6 Å². The number of ether oxygens (including phenoxy) is 1. The van der Waals surface area contributed by atoms with E-state index in [0.717, 1.165) is 5.56 Å². The Hall–Kier alpha value is -1.26. The summed E-state index contributed by atoms with van der Waals surface area (Å²) in [5.41, 5.74) is 0.766. The Bertz CT molecular complexity index is 444. The van der Waals surface area contributed by atoms with Gasteiger partial charge in [0.15, 0.2) is 0 Å². The standard InChI is InChI=1S/C13H16ClNO3/c1-18-12-3-2-9(14)4-8(12)5-13(17)15-10-6-11(16)7-10/h2-4,10-11,16H,5-7H2,1H3,(H,15,17). The van der Waals surface area contributed by atoms with E-state index in [9.17, 15) is 4.79 Å². The van der Waals surface area contributed by atoms with Crippen molar-refractivity contribution < 1.29 is 14.6 Å². The fourth-order valence-corrected chi connectivity index (χ4v) is 2.24. The number of nitrogens with one attached hydrogen (secondary N) is 1. The van der Waals surface area contributed by atoms with E-state index in [0.29, 0.717) is 23.6 Å². The van der Waals surface area contributed by atoms with Crippen molar-refractivity contribution >= 4 is 17.5 Å². The summed E-state index contributed by atoms with van der Waals surface area (Å²) in [7, 11) is 1.56. The number of aliphatic hydroxyl groups is 1. The predicted molar refractivity (Wildman–Crippen MR) is 68.9 cm³/mol. The molecule has 0 saturated heterocycles. The molecule has 0 aliphatic heterocycles. The number of benzene rings is 1. The van der Waals surface area contributed by atoms with Gasteiger partial charge in [0.1, 0.15) is 5.75 Å². The second-order valence-corrected chi connectivity index (χ2v) is 4.96. The molecular formula is C13H16ClNO3. The van der Waals surface area contributed by atoms with Crippen LogP contribution in [0.2, 0.25) is 5.02 Å². The average Bonchev–Trinajstić information content (AvgIpc) is 2.27. The zero-order chi connectivity index (χ0) is 13.1. The molecule has 1 amide bonds. The summed E-state index contributed by atoms with van der Waals surface area (Å²) in [6.45, 7) is 0. The summed E-state index contributed by atoms with van der Waals surface area (Å²) in [5.74, 6) is 0.579. The third-order valence-corrected chi connectivity index (χ3v) is 3.31. The normalized spacial score (nSPS) is 22.2. The summed E-state index contributed by atoms with van der Waals surface area (Å²) in [4.78, 5) is 11.8. The van der Waals surface area contributed by atoms with Gasteiger partial charge in [0.25, 0.3) is 0 Å². The van der Waals surface area contributed by atoms with Crippen LogP contribution >= 0.6 is 11.6 Å². The Morgan fingerprint density at radius 2 is 2.28 bits per heavy atom. The van der Waals surface area contributed by atoms with Crippen molar-refractivity contribution in [3.63, 3.8) is 0 Å². The van der Waals surface area contributed by atoms with Crippen LogP contribution in [0.1, 0.15) is 18.4 Å². The van der Waals surface area contributed by atoms with Gasteiger partial charge in [-0.3, -0.25) is 4.79 Å². The molecule has 1 fully saturated rings. The van der Waals surface area contributed by atoms with E-state index < -0.39 is 0 Å². The van der Waals surface area contributed by atoms with E-state index in [4.69, 9.17) is 21.4 Å². The number of hydrogen-bond acceptors (Lipinski definition) is 3. The average molecular weight is 270 g/mol. The lowest BCUT2D eigenvalue weighted by molar-refractivity contribution is -0.122. The third kappa shape index (κ3) is 3.15. The summed E-state index contributed by atoms with van der Waals surface area (Å²) >= 11 is 5.90. The van der Waals surface area contributed by atoms with E-state index in [1.54, 1.807) is 25.3 Å². The Balaban J connectivity index is 1.95. The number of methoxy groups -OCH3 is 1. The van der Waals surface area contributed by atoms with Crippen molar-refractivity contribution in [3.05, 3.63) is 28.8 Å². The van der Waals surface area contributed by atoms with Crippen LogP contribution in [-0.2, 0) is 11.2 Å². The first-order chi connectivity index (χ1) is 8.58. The van der Waals surface area contributed by atoms with Crippen molar-refractivity contribution in [1.29, 1.82) is 0 Å². The zero-order valence-electron chi connectivity index (χ0n) is 10.1. The molecule has 1 aromatic rings. The Morgan fingerprint density at radius 3 is 2.89 bits per heavy atom. The lowest BCUT2D eigenvalue weighted by Crippen LogP contribution is -2.47. The largest absolute Gasteiger partial charge is 0.496 e. The second kappa shape index (κ2) is 5.59. The van der Waals surface area contributed by atoms with Crippen molar-refractivity contribution in [2.45, 2.75) is 31.4 Å². The Labute approximate surface area is 111 Å². The van der Waals surface area contributed by atoms with Gasteiger partial charge in [-0.25, -0.2) is 0 Å². The molecule has 0 atom stereocenters. The van der Waals surface area contributed by atoms with Crippen LogP contribution in [0.4, 0.5) is 0 Å². The molecule has 2 rings (SSSR count). The van der Waals surface area contributed by atoms with Gasteiger partial charge in [-0.2, -0.15) is 0 Å². The molecule has 1 aliphatic rings. The predicted octanol–water partition coefficient (Wildman–Crippen LogP) is 1.53. The number of carbonyl (C=O) groups is 1. The number of hydrogen-bond donors (Lipinski definition) is 2. The highest BCUT2D eigenvalue weighted by Crippen LogP contribution is 2.24. The lowest BCUT2D eigenvalue weighted by atomic mass is 9.89. The maximum absolute atomic E-state index is 11.8. The minimum atomic E-state index is -0.268. The van der Waals surface area contributed by atoms with Crippen LogP contribution in [0, 0.1) is 0 Å². The Morgan fingerprint density at radius 1 is 1.56 bits per heavy atom. The van der Waals surface area contributed by atoms with E-state index in [2.05, 4.69) is 5.32 Å². The van der Waals surface area contributed by atoms with Gasteiger partial charge in [-0.05, 0) is 31.0 Å². The van der Waals surface area contributed by atoms with E-state index >= 15 is 0 Å². The minimum Gasteiger partial charge on any atom is -0.496 e. The summed E-state index contributed by atoms with van der Waals surface area (Å²) in [6, 6.07) is 5.30. The molecule has 5 heteroatoms. The van der Waals surface area contributed by atoms with Crippen LogP contribution in [0.25, 0.3) is 0 Å². The monoisotopic (exact) mass is 269 g/mol. The summed E-state index contributed by atoms with van der Waals surface area (Å²) < 4.78 is 5.18. The molecule has 0 radical (unpaired) electrons. The van der Waals surface area contributed by atoms with E-state index in [1.807, 2.05) is 0 Å². The zero-order valence-corrected chi connectivity index (χ0v) is 10.9. The van der Waals surface area contributed by atoms with Crippen LogP contribution in [-0.4, -0.2) is 30.3 Å². The number of amides is 1. The maximum atomic E-state index is 11.8. The van der Waals surface area contributed by atoms with Crippen LogP contribution < -0.4 is 10.1 Å². The van der Waals surface area contributed by atoms with Crippen LogP contribution in [0.3, 0.4) is 0 Å². The smallest absolute Gasteiger partial charge is 0.224 e. The molecule has 18 heavy (non-hydrogen) atoms. The van der Waals surface area contributed by atoms with Crippen LogP contribution in [0.15, 0.2) is 18.2 Å². The molecule has 0 heterocycles. The van der Waals surface area contributed by atoms with Gasteiger partial charge in [-0.15, -0.1) is 0 Å². The lowest BCUT2D eigenvalue weighted by Gasteiger charge is -2.32. The fraction of sp³-hybridized carbons (Fsp3) is 0.462. The molecule has 1 saturated carbocycles. The quantitative estimate of drug-likeness (QED) is 0.872. The number of halogens is 1.